The number of nitrogens with one attached hydrogen (secondary N) is 1. The molecule has 0 bridgehead atoms. The van der Waals surface area contributed by atoms with Gasteiger partial charge in [-0.3, -0.25) is 0 Å². The summed E-state index contributed by atoms with van der Waals surface area (Å²) in [4.78, 5) is 10.6. The number of fused-ring (bicyclic) bond motifs is 1. The summed E-state index contributed by atoms with van der Waals surface area (Å²) in [6, 6.07) is 5.32. The summed E-state index contributed by atoms with van der Waals surface area (Å²) in [5, 5.41) is 12.0. The second-order valence-electron chi connectivity index (χ2n) is 3.48. The summed E-state index contributed by atoms with van der Waals surface area (Å²) in [5.74, 6) is 0. The summed E-state index contributed by atoms with van der Waals surface area (Å²) >= 11 is 0. The van der Waals surface area contributed by atoms with Crippen LogP contribution in [0, 0.1) is 4.91 Å². The van der Waals surface area contributed by atoms with Crippen LogP contribution in [0.25, 0.3) is 0 Å². The summed E-state index contributed by atoms with van der Waals surface area (Å²) < 4.78 is 0. The minimum Gasteiger partial charge on any atom is -0.316 e. The van der Waals surface area contributed by atoms with Crippen LogP contribution in [0.2, 0.25) is 0 Å². The zero-order valence-electron chi connectivity index (χ0n) is 7.86. The van der Waals surface area contributed by atoms with Crippen molar-refractivity contribution in [2.45, 2.75) is 12.8 Å². The standard InChI is InChI=1S/C10H13N2O2/c13-12(14)10-2-1-8-3-5-11-6-4-9(8)7-10/h1-2,7,11H,3-6H2,(H,13,14)/q+1. The van der Waals surface area contributed by atoms with Gasteiger partial charge in [0.2, 0.25) is 0 Å². The zero-order valence-corrected chi connectivity index (χ0v) is 7.86. The van der Waals surface area contributed by atoms with Crippen molar-refractivity contribution in [3.8, 4) is 0 Å². The van der Waals surface area contributed by atoms with E-state index < -0.39 is 0 Å². The largest absolute Gasteiger partial charge is 0.316 e. The fourth-order valence-corrected chi connectivity index (χ4v) is 1.78. The number of hydrogen-bond donors (Lipinski definition) is 2. The van der Waals surface area contributed by atoms with E-state index in [2.05, 4.69) is 5.32 Å². The first-order valence-electron chi connectivity index (χ1n) is 4.76. The van der Waals surface area contributed by atoms with E-state index in [1.165, 1.54) is 5.56 Å². The van der Waals surface area contributed by atoms with Crippen molar-refractivity contribution >= 4 is 5.69 Å². The predicted molar refractivity (Wildman–Crippen MR) is 51.8 cm³/mol. The van der Waals surface area contributed by atoms with E-state index in [1.807, 2.05) is 6.07 Å². The van der Waals surface area contributed by atoms with Crippen molar-refractivity contribution in [3.05, 3.63) is 34.2 Å². The molecule has 0 aliphatic carbocycles. The normalized spacial score (nSPS) is 15.7. The van der Waals surface area contributed by atoms with Crippen LogP contribution in [0.5, 0.6) is 0 Å². The fourth-order valence-electron chi connectivity index (χ4n) is 1.78. The lowest BCUT2D eigenvalue weighted by molar-refractivity contribution is -0.729. The highest BCUT2D eigenvalue weighted by Crippen LogP contribution is 2.19. The molecule has 1 heterocycles. The molecule has 2 N–H and O–H groups in total. The molecule has 1 aromatic rings. The lowest BCUT2D eigenvalue weighted by atomic mass is 10.0. The third-order valence-electron chi connectivity index (χ3n) is 2.55. The molecule has 0 saturated carbocycles. The molecule has 0 fully saturated rings. The Kier molecular flexibility index (Phi) is 2.45. The second-order valence-corrected chi connectivity index (χ2v) is 3.48. The van der Waals surface area contributed by atoms with Gasteiger partial charge in [0.05, 0.1) is 4.91 Å². The van der Waals surface area contributed by atoms with Crippen molar-refractivity contribution in [3.63, 3.8) is 0 Å². The van der Waals surface area contributed by atoms with E-state index in [9.17, 15) is 4.91 Å². The van der Waals surface area contributed by atoms with Crippen molar-refractivity contribution in [2.75, 3.05) is 13.1 Å². The van der Waals surface area contributed by atoms with E-state index in [4.69, 9.17) is 5.21 Å². The number of benzene rings is 1. The van der Waals surface area contributed by atoms with Gasteiger partial charge in [-0.15, -0.1) is 0 Å². The third kappa shape index (κ3) is 1.75. The van der Waals surface area contributed by atoms with Gasteiger partial charge >= 0.3 is 5.69 Å². The molecule has 1 aliphatic heterocycles. The number of nitrogens with zero attached hydrogens (tertiary/aromatic N) is 1. The zero-order chi connectivity index (χ0) is 9.97. The highest BCUT2D eigenvalue weighted by atomic mass is 16.6. The first-order valence-corrected chi connectivity index (χ1v) is 4.76. The van der Waals surface area contributed by atoms with Gasteiger partial charge in [-0.2, -0.15) is 0 Å². The summed E-state index contributed by atoms with van der Waals surface area (Å²) in [6.07, 6.45) is 1.90. The Balaban J connectivity index is 2.37. The molecule has 0 atom stereocenters. The quantitative estimate of drug-likeness (QED) is 0.658. The van der Waals surface area contributed by atoms with Crippen molar-refractivity contribution < 1.29 is 10.1 Å². The molecule has 1 aromatic carbocycles. The van der Waals surface area contributed by atoms with Crippen LogP contribution >= 0.6 is 0 Å². The number of hydrogen-bond acceptors (Lipinski definition) is 2. The van der Waals surface area contributed by atoms with Crippen molar-refractivity contribution in [1.29, 1.82) is 0 Å². The smallest absolute Gasteiger partial charge is 0.316 e. The maximum atomic E-state index is 10.7. The Bertz CT molecular complexity index is 363. The van der Waals surface area contributed by atoms with Crippen LogP contribution < -0.4 is 5.32 Å². The minimum atomic E-state index is -0.0847. The number of rotatable bonds is 1. The predicted octanol–water partition coefficient (Wildman–Crippen LogP) is 1.17. The Morgan fingerprint density at radius 1 is 1.21 bits per heavy atom. The molecule has 0 radical (unpaired) electrons. The van der Waals surface area contributed by atoms with Crippen LogP contribution in [-0.4, -0.2) is 23.2 Å². The molecular weight excluding hydrogens is 180 g/mol. The third-order valence-corrected chi connectivity index (χ3v) is 2.55. The van der Waals surface area contributed by atoms with Gasteiger partial charge in [0.25, 0.3) is 4.92 Å². The molecule has 2 rings (SSSR count). The van der Waals surface area contributed by atoms with Gasteiger partial charge in [-0.25, -0.2) is 5.21 Å². The lowest BCUT2D eigenvalue weighted by Crippen LogP contribution is -2.16. The second kappa shape index (κ2) is 3.75. The van der Waals surface area contributed by atoms with Crippen LogP contribution in [0.4, 0.5) is 5.69 Å². The average molecular weight is 193 g/mol. The SMILES string of the molecule is O=[N+](O)c1ccc2c(c1)CCNCC2. The average Bonchev–Trinajstić information content (AvgIpc) is 2.41. The molecule has 1 aliphatic rings. The minimum absolute atomic E-state index is 0.0847. The Morgan fingerprint density at radius 3 is 2.64 bits per heavy atom. The summed E-state index contributed by atoms with van der Waals surface area (Å²) in [6.45, 7) is 1.91. The van der Waals surface area contributed by atoms with E-state index in [0.717, 1.165) is 31.5 Å². The topological polar surface area (TPSA) is 52.3 Å². The maximum absolute atomic E-state index is 10.7. The van der Waals surface area contributed by atoms with Crippen LogP contribution in [0.15, 0.2) is 18.2 Å². The lowest BCUT2D eigenvalue weighted by Gasteiger charge is -2.01. The molecule has 0 aromatic heterocycles. The van der Waals surface area contributed by atoms with Gasteiger partial charge in [-0.1, -0.05) is 6.07 Å². The maximum Gasteiger partial charge on any atom is 0.316 e. The molecule has 74 valence electrons. The van der Waals surface area contributed by atoms with Gasteiger partial charge in [0.1, 0.15) is 0 Å². The van der Waals surface area contributed by atoms with Crippen molar-refractivity contribution in [2.24, 2.45) is 0 Å². The molecule has 4 nitrogen and oxygen atoms in total. The van der Waals surface area contributed by atoms with E-state index in [1.54, 1.807) is 12.1 Å². The summed E-state index contributed by atoms with van der Waals surface area (Å²) in [5.41, 5.74) is 2.73. The molecular formula is C10H13N2O2+. The molecule has 4 heteroatoms. The molecule has 0 unspecified atom stereocenters. The van der Waals surface area contributed by atoms with Gasteiger partial charge < -0.3 is 5.32 Å². The Morgan fingerprint density at radius 2 is 1.93 bits per heavy atom. The van der Waals surface area contributed by atoms with Crippen LogP contribution in [0.3, 0.4) is 0 Å². The Labute approximate surface area is 82.1 Å². The molecule has 14 heavy (non-hydrogen) atoms. The first kappa shape index (κ1) is 9.15. The summed E-state index contributed by atoms with van der Waals surface area (Å²) in [7, 11) is 0. The monoisotopic (exact) mass is 193 g/mol. The van der Waals surface area contributed by atoms with Gasteiger partial charge in [0, 0.05) is 12.1 Å². The van der Waals surface area contributed by atoms with Gasteiger partial charge in [0.15, 0.2) is 0 Å². The highest BCUT2D eigenvalue weighted by molar-refractivity contribution is 5.40. The van der Waals surface area contributed by atoms with E-state index >= 15 is 0 Å². The first-order chi connectivity index (χ1) is 6.77. The molecule has 0 saturated heterocycles. The van der Waals surface area contributed by atoms with E-state index in [0.29, 0.717) is 5.69 Å². The Hall–Kier alpha value is -1.42. The molecule has 0 spiro atoms. The van der Waals surface area contributed by atoms with Crippen LogP contribution in [0.1, 0.15) is 11.1 Å². The van der Waals surface area contributed by atoms with Gasteiger partial charge in [-0.05, 0) is 37.1 Å². The van der Waals surface area contributed by atoms with Crippen LogP contribution in [-0.2, 0) is 12.8 Å². The van der Waals surface area contributed by atoms with E-state index in [-0.39, 0.29) is 4.92 Å². The molecule has 0 amide bonds. The van der Waals surface area contributed by atoms with Crippen molar-refractivity contribution in [1.82, 2.24) is 5.32 Å². The fraction of sp³-hybridized carbons (Fsp3) is 0.400. The highest BCUT2D eigenvalue weighted by Gasteiger charge is 2.15.